The lowest BCUT2D eigenvalue weighted by Crippen LogP contribution is -2.37. The van der Waals surface area contributed by atoms with E-state index in [2.05, 4.69) is 10.3 Å². The molecule has 7 heteroatoms. The lowest BCUT2D eigenvalue weighted by Gasteiger charge is -2.21. The first-order valence-corrected chi connectivity index (χ1v) is 7.77. The molecule has 1 aromatic carbocycles. The van der Waals surface area contributed by atoms with Gasteiger partial charge in [0.25, 0.3) is 0 Å². The number of hydrogen-bond acceptors (Lipinski definition) is 7. The van der Waals surface area contributed by atoms with Gasteiger partial charge in [0.05, 0.1) is 0 Å². The summed E-state index contributed by atoms with van der Waals surface area (Å²) in [6.07, 6.45) is 2.69. The number of anilines is 3. The number of hydrogen-bond donors (Lipinski definition) is 3. The van der Waals surface area contributed by atoms with E-state index in [1.165, 1.54) is 11.3 Å². The number of aromatic nitrogens is 1. The van der Waals surface area contributed by atoms with E-state index in [1.807, 2.05) is 36.4 Å². The number of nitrogens with zero attached hydrogens (tertiary/aromatic N) is 2. The maximum Gasteiger partial charge on any atom is 0.203 e. The Morgan fingerprint density at radius 1 is 1.32 bits per heavy atom. The number of nitrogens with one attached hydrogen (secondary N) is 1. The lowest BCUT2D eigenvalue weighted by molar-refractivity contribution is 0.102. The highest BCUT2D eigenvalue weighted by atomic mass is 32.1. The van der Waals surface area contributed by atoms with E-state index in [0.717, 1.165) is 18.7 Å². The predicted molar refractivity (Wildman–Crippen MR) is 89.0 cm³/mol. The molecule has 0 saturated carbocycles. The highest BCUT2D eigenvalue weighted by molar-refractivity contribution is 7.18. The van der Waals surface area contributed by atoms with E-state index < -0.39 is 0 Å². The Hall–Kier alpha value is -2.22. The first-order valence-electron chi connectivity index (χ1n) is 6.95. The van der Waals surface area contributed by atoms with Crippen LogP contribution in [0.1, 0.15) is 16.1 Å². The van der Waals surface area contributed by atoms with Crippen LogP contribution in [0.5, 0.6) is 0 Å². The molecule has 0 radical (unpaired) electrons. The van der Waals surface area contributed by atoms with E-state index in [1.54, 1.807) is 5.01 Å². The van der Waals surface area contributed by atoms with Crippen molar-refractivity contribution in [2.45, 2.75) is 6.42 Å². The molecule has 1 aliphatic rings. The molecule has 0 saturated heterocycles. The van der Waals surface area contributed by atoms with Gasteiger partial charge in [0.1, 0.15) is 10.7 Å². The van der Waals surface area contributed by atoms with E-state index in [-0.39, 0.29) is 11.6 Å². The van der Waals surface area contributed by atoms with Gasteiger partial charge < -0.3 is 11.1 Å². The lowest BCUT2D eigenvalue weighted by atomic mass is 10.1. The van der Waals surface area contributed by atoms with Gasteiger partial charge in [-0.25, -0.2) is 9.99 Å². The van der Waals surface area contributed by atoms with Gasteiger partial charge in [-0.3, -0.25) is 10.6 Å². The Bertz CT molecular complexity index is 710. The number of benzene rings is 1. The third kappa shape index (κ3) is 3.16. The van der Waals surface area contributed by atoms with E-state index in [0.29, 0.717) is 22.1 Å². The molecule has 5 N–H and O–H groups in total. The molecule has 0 atom stereocenters. The van der Waals surface area contributed by atoms with Crippen molar-refractivity contribution < 1.29 is 4.79 Å². The smallest absolute Gasteiger partial charge is 0.203 e. The first kappa shape index (κ1) is 14.7. The van der Waals surface area contributed by atoms with Gasteiger partial charge in [-0.15, -0.1) is 0 Å². The molecule has 2 aromatic rings. The highest BCUT2D eigenvalue weighted by Crippen LogP contribution is 2.30. The van der Waals surface area contributed by atoms with Crippen LogP contribution in [0.25, 0.3) is 0 Å². The summed E-state index contributed by atoms with van der Waals surface area (Å²) >= 11 is 1.26. The third-order valence-electron chi connectivity index (χ3n) is 3.36. The van der Waals surface area contributed by atoms with Crippen LogP contribution in [0.3, 0.4) is 0 Å². The average molecular weight is 315 g/mol. The number of nitrogens with two attached hydrogens (primary N) is 2. The van der Waals surface area contributed by atoms with Crippen LogP contribution in [0.2, 0.25) is 0 Å². The van der Waals surface area contributed by atoms with Gasteiger partial charge in [0.2, 0.25) is 5.78 Å². The second-order valence-corrected chi connectivity index (χ2v) is 6.04. The molecule has 0 spiro atoms. The molecule has 1 aromatic heterocycles. The van der Waals surface area contributed by atoms with Crippen LogP contribution in [0, 0.1) is 0 Å². The summed E-state index contributed by atoms with van der Waals surface area (Å²) in [7, 11) is 0. The molecule has 6 nitrogen and oxygen atoms in total. The fourth-order valence-electron chi connectivity index (χ4n) is 2.27. The fraction of sp³-hybridized carbons (Fsp3) is 0.200. The molecule has 0 aliphatic carbocycles. The second-order valence-electron chi connectivity index (χ2n) is 5.04. The van der Waals surface area contributed by atoms with Gasteiger partial charge in [-0.05, 0) is 18.6 Å². The maximum atomic E-state index is 12.5. The summed E-state index contributed by atoms with van der Waals surface area (Å²) in [5.74, 6) is 5.93. The standard InChI is InChI=1S/C15H17N5OS/c16-14-13(12(21)10-5-4-8-20(17)9-10)22-15(19-14)18-11-6-2-1-3-7-11/h1-3,5-7H,4,8-9,16-17H2,(H,18,19). The maximum absolute atomic E-state index is 12.5. The van der Waals surface area contributed by atoms with E-state index in [4.69, 9.17) is 11.6 Å². The summed E-state index contributed by atoms with van der Waals surface area (Å²) < 4.78 is 0. The Morgan fingerprint density at radius 3 is 2.82 bits per heavy atom. The largest absolute Gasteiger partial charge is 0.382 e. The predicted octanol–water partition coefficient (Wildman–Crippen LogP) is 2.16. The topological polar surface area (TPSA) is 97.3 Å². The van der Waals surface area contributed by atoms with E-state index >= 15 is 0 Å². The molecule has 0 bridgehead atoms. The van der Waals surface area contributed by atoms with Gasteiger partial charge >= 0.3 is 0 Å². The van der Waals surface area contributed by atoms with Gasteiger partial charge in [0.15, 0.2) is 5.13 Å². The number of carbonyl (C=O) groups excluding carboxylic acids is 1. The minimum absolute atomic E-state index is 0.0914. The number of hydrazine groups is 1. The van der Waals surface area contributed by atoms with Crippen LogP contribution >= 0.6 is 11.3 Å². The molecular weight excluding hydrogens is 298 g/mol. The van der Waals surface area contributed by atoms with Crippen LogP contribution in [-0.4, -0.2) is 28.9 Å². The van der Waals surface area contributed by atoms with Gasteiger partial charge in [-0.2, -0.15) is 0 Å². The number of nitrogen functional groups attached to an aromatic ring is 1. The van der Waals surface area contributed by atoms with E-state index in [9.17, 15) is 4.79 Å². The van der Waals surface area contributed by atoms with Crippen molar-refractivity contribution in [3.63, 3.8) is 0 Å². The minimum atomic E-state index is -0.0914. The van der Waals surface area contributed by atoms with Crippen molar-refractivity contribution in [3.8, 4) is 0 Å². The SMILES string of the molecule is Nc1nc(Nc2ccccc2)sc1C(=O)C1=CCCN(N)C1. The van der Waals surface area contributed by atoms with Gasteiger partial charge in [0, 0.05) is 24.4 Å². The highest BCUT2D eigenvalue weighted by Gasteiger charge is 2.22. The zero-order valence-corrected chi connectivity index (χ0v) is 12.8. The van der Waals surface area contributed by atoms with Crippen molar-refractivity contribution in [1.29, 1.82) is 0 Å². The molecule has 0 amide bonds. The monoisotopic (exact) mass is 315 g/mol. The number of para-hydroxylation sites is 1. The fourth-order valence-corrected chi connectivity index (χ4v) is 3.15. The zero-order chi connectivity index (χ0) is 15.5. The number of thiazole rings is 1. The van der Waals surface area contributed by atoms with Crippen molar-refractivity contribution in [2.24, 2.45) is 5.84 Å². The molecule has 2 heterocycles. The van der Waals surface area contributed by atoms with Crippen LogP contribution in [0.15, 0.2) is 42.0 Å². The number of carbonyl (C=O) groups is 1. The quantitative estimate of drug-likeness (QED) is 0.591. The minimum Gasteiger partial charge on any atom is -0.382 e. The molecule has 114 valence electrons. The second kappa shape index (κ2) is 6.27. The average Bonchev–Trinajstić information content (AvgIpc) is 2.88. The zero-order valence-electron chi connectivity index (χ0n) is 12.0. The van der Waals surface area contributed by atoms with Crippen molar-refractivity contribution in [3.05, 3.63) is 46.9 Å². The summed E-state index contributed by atoms with van der Waals surface area (Å²) in [6, 6.07) is 9.64. The Morgan fingerprint density at radius 2 is 2.09 bits per heavy atom. The number of Topliss-reactive ketones (excluding diaryl/α,β-unsaturated/α-hetero) is 1. The number of ketones is 1. The molecule has 3 rings (SSSR count). The summed E-state index contributed by atoms with van der Waals surface area (Å²) in [4.78, 5) is 17.2. The Kier molecular flexibility index (Phi) is 4.19. The van der Waals surface area contributed by atoms with Crippen LogP contribution < -0.4 is 16.9 Å². The Balaban J connectivity index is 1.80. The van der Waals surface area contributed by atoms with Gasteiger partial charge in [-0.1, -0.05) is 35.6 Å². The first-order chi connectivity index (χ1) is 10.6. The molecule has 0 unspecified atom stereocenters. The normalized spacial score (nSPS) is 15.4. The van der Waals surface area contributed by atoms with Crippen molar-refractivity contribution in [1.82, 2.24) is 9.99 Å². The summed E-state index contributed by atoms with van der Waals surface area (Å²) in [5.41, 5.74) is 7.48. The summed E-state index contributed by atoms with van der Waals surface area (Å²) in [6.45, 7) is 1.20. The Labute approximate surface area is 132 Å². The van der Waals surface area contributed by atoms with Crippen molar-refractivity contribution >= 4 is 33.8 Å². The third-order valence-corrected chi connectivity index (χ3v) is 4.34. The van der Waals surface area contributed by atoms with Crippen LogP contribution in [0.4, 0.5) is 16.6 Å². The molecule has 0 fully saturated rings. The van der Waals surface area contributed by atoms with Crippen molar-refractivity contribution in [2.75, 3.05) is 24.1 Å². The molecule has 22 heavy (non-hydrogen) atoms. The summed E-state index contributed by atoms with van der Waals surface area (Å²) in [5, 5.41) is 5.39. The van der Waals surface area contributed by atoms with Crippen LogP contribution in [-0.2, 0) is 0 Å². The molecular formula is C15H17N5OS. The number of rotatable bonds is 4. The molecule has 1 aliphatic heterocycles.